The van der Waals surface area contributed by atoms with Crippen LogP contribution in [0.4, 0.5) is 0 Å². The van der Waals surface area contributed by atoms with Gasteiger partial charge >= 0.3 is 0 Å². The molecule has 0 aromatic rings. The lowest BCUT2D eigenvalue weighted by atomic mass is 9.95. The van der Waals surface area contributed by atoms with Crippen molar-refractivity contribution in [3.63, 3.8) is 0 Å². The summed E-state index contributed by atoms with van der Waals surface area (Å²) in [4.78, 5) is 0. The Labute approximate surface area is 49.3 Å². The molecule has 1 aliphatic rings. The van der Waals surface area contributed by atoms with Crippen LogP contribution in [-0.4, -0.2) is 18.8 Å². The topological polar surface area (TPSA) is 35.2 Å². The van der Waals surface area contributed by atoms with Crippen LogP contribution in [0.25, 0.3) is 0 Å². The van der Waals surface area contributed by atoms with Crippen molar-refractivity contribution >= 4 is 0 Å². The van der Waals surface area contributed by atoms with Gasteiger partial charge in [0.05, 0.1) is 18.8 Å². The first-order valence-electron chi connectivity index (χ1n) is 2.74. The molecule has 0 aromatic heterocycles. The van der Waals surface area contributed by atoms with Crippen LogP contribution >= 0.6 is 0 Å². The van der Waals surface area contributed by atoms with Gasteiger partial charge in [-0.25, -0.2) is 0 Å². The van der Waals surface area contributed by atoms with Crippen LogP contribution in [0.2, 0.25) is 0 Å². The van der Waals surface area contributed by atoms with E-state index in [0.717, 1.165) is 6.42 Å². The molecule has 0 unspecified atom stereocenters. The molecule has 1 heterocycles. The standard InChI is InChI=1S/C6H11NO/c1-2-3-6(7)4-8-5-6/h2H,1,3-5,7H2. The Morgan fingerprint density at radius 2 is 2.38 bits per heavy atom. The number of nitrogens with two attached hydrogens (primary N) is 1. The van der Waals surface area contributed by atoms with Crippen LogP contribution in [0.3, 0.4) is 0 Å². The first-order chi connectivity index (χ1) is 3.77. The van der Waals surface area contributed by atoms with Crippen molar-refractivity contribution < 1.29 is 4.74 Å². The zero-order valence-corrected chi connectivity index (χ0v) is 4.89. The van der Waals surface area contributed by atoms with E-state index >= 15 is 0 Å². The molecule has 0 bridgehead atoms. The molecule has 0 aromatic carbocycles. The smallest absolute Gasteiger partial charge is 0.0672 e. The van der Waals surface area contributed by atoms with Crippen LogP contribution in [0.5, 0.6) is 0 Å². The fourth-order valence-corrected chi connectivity index (χ4v) is 0.770. The van der Waals surface area contributed by atoms with Crippen molar-refractivity contribution in [1.82, 2.24) is 0 Å². The molecule has 0 spiro atoms. The lowest BCUT2D eigenvalue weighted by Crippen LogP contribution is -2.56. The third-order valence-electron chi connectivity index (χ3n) is 1.33. The molecule has 2 nitrogen and oxygen atoms in total. The molecule has 8 heavy (non-hydrogen) atoms. The average molecular weight is 113 g/mol. The average Bonchev–Trinajstić information content (AvgIpc) is 1.64. The number of rotatable bonds is 2. The second-order valence-corrected chi connectivity index (χ2v) is 2.35. The minimum absolute atomic E-state index is 0.0677. The van der Waals surface area contributed by atoms with Crippen LogP contribution in [-0.2, 0) is 4.74 Å². The van der Waals surface area contributed by atoms with Crippen LogP contribution < -0.4 is 5.73 Å². The van der Waals surface area contributed by atoms with Gasteiger partial charge in [0.25, 0.3) is 0 Å². The van der Waals surface area contributed by atoms with Gasteiger partial charge in [0.2, 0.25) is 0 Å². The maximum atomic E-state index is 5.72. The summed E-state index contributed by atoms with van der Waals surface area (Å²) in [5.74, 6) is 0. The summed E-state index contributed by atoms with van der Waals surface area (Å²) < 4.78 is 4.92. The van der Waals surface area contributed by atoms with Gasteiger partial charge in [-0.3, -0.25) is 0 Å². The second-order valence-electron chi connectivity index (χ2n) is 2.35. The van der Waals surface area contributed by atoms with Gasteiger partial charge in [0, 0.05) is 0 Å². The Morgan fingerprint density at radius 1 is 1.75 bits per heavy atom. The van der Waals surface area contributed by atoms with E-state index in [9.17, 15) is 0 Å². The largest absolute Gasteiger partial charge is 0.377 e. The monoisotopic (exact) mass is 113 g/mol. The van der Waals surface area contributed by atoms with Gasteiger partial charge in [-0.1, -0.05) is 6.08 Å². The van der Waals surface area contributed by atoms with Crippen molar-refractivity contribution in [1.29, 1.82) is 0 Å². The van der Waals surface area contributed by atoms with E-state index in [2.05, 4.69) is 6.58 Å². The third-order valence-corrected chi connectivity index (χ3v) is 1.33. The Kier molecular flexibility index (Phi) is 1.36. The highest BCUT2D eigenvalue weighted by Crippen LogP contribution is 2.17. The van der Waals surface area contributed by atoms with Gasteiger partial charge in [-0.15, -0.1) is 6.58 Å². The zero-order valence-electron chi connectivity index (χ0n) is 4.89. The van der Waals surface area contributed by atoms with E-state index in [0.29, 0.717) is 13.2 Å². The predicted octanol–water partition coefficient (Wildman–Crippen LogP) is 0.290. The maximum absolute atomic E-state index is 5.72. The summed E-state index contributed by atoms with van der Waals surface area (Å²) in [6, 6.07) is 0. The first-order valence-corrected chi connectivity index (χ1v) is 2.74. The Hall–Kier alpha value is -0.340. The lowest BCUT2D eigenvalue weighted by Gasteiger charge is -2.36. The molecule has 0 atom stereocenters. The molecule has 1 rings (SSSR count). The van der Waals surface area contributed by atoms with Crippen molar-refractivity contribution in [2.75, 3.05) is 13.2 Å². The van der Waals surface area contributed by atoms with Crippen LogP contribution in [0, 0.1) is 0 Å². The van der Waals surface area contributed by atoms with Crippen molar-refractivity contribution in [2.24, 2.45) is 5.73 Å². The summed E-state index contributed by atoms with van der Waals surface area (Å²) >= 11 is 0. The molecule has 0 saturated carbocycles. The van der Waals surface area contributed by atoms with Gasteiger partial charge in [-0.05, 0) is 6.42 Å². The van der Waals surface area contributed by atoms with E-state index < -0.39 is 0 Å². The summed E-state index contributed by atoms with van der Waals surface area (Å²) in [6.07, 6.45) is 2.70. The van der Waals surface area contributed by atoms with Crippen LogP contribution in [0.1, 0.15) is 6.42 Å². The predicted molar refractivity (Wildman–Crippen MR) is 32.6 cm³/mol. The van der Waals surface area contributed by atoms with Crippen molar-refractivity contribution in [3.05, 3.63) is 12.7 Å². The quantitative estimate of drug-likeness (QED) is 0.522. The highest BCUT2D eigenvalue weighted by atomic mass is 16.5. The highest BCUT2D eigenvalue weighted by molar-refractivity contribution is 4.95. The first kappa shape index (κ1) is 5.79. The summed E-state index contributed by atoms with van der Waals surface area (Å²) in [7, 11) is 0. The Morgan fingerprint density at radius 3 is 2.50 bits per heavy atom. The molecular weight excluding hydrogens is 102 g/mol. The van der Waals surface area contributed by atoms with E-state index in [4.69, 9.17) is 10.5 Å². The number of ether oxygens (including phenoxy) is 1. The number of hydrogen-bond donors (Lipinski definition) is 1. The van der Waals surface area contributed by atoms with Gasteiger partial charge < -0.3 is 10.5 Å². The molecule has 1 saturated heterocycles. The van der Waals surface area contributed by atoms with Crippen molar-refractivity contribution in [3.8, 4) is 0 Å². The maximum Gasteiger partial charge on any atom is 0.0672 e. The van der Waals surface area contributed by atoms with Crippen molar-refractivity contribution in [2.45, 2.75) is 12.0 Å². The fourth-order valence-electron chi connectivity index (χ4n) is 0.770. The molecule has 2 N–H and O–H groups in total. The van der Waals surface area contributed by atoms with Gasteiger partial charge in [0.1, 0.15) is 0 Å². The minimum Gasteiger partial charge on any atom is -0.377 e. The van der Waals surface area contributed by atoms with E-state index in [1.807, 2.05) is 6.08 Å². The SMILES string of the molecule is C=CCC1(N)COC1. The Bertz CT molecular complexity index is 96.7. The Balaban J connectivity index is 2.29. The summed E-state index contributed by atoms with van der Waals surface area (Å²) in [5, 5.41) is 0. The van der Waals surface area contributed by atoms with E-state index in [-0.39, 0.29) is 5.54 Å². The lowest BCUT2D eigenvalue weighted by molar-refractivity contribution is -0.0515. The van der Waals surface area contributed by atoms with E-state index in [1.54, 1.807) is 0 Å². The van der Waals surface area contributed by atoms with Gasteiger partial charge in [-0.2, -0.15) is 0 Å². The zero-order chi connectivity index (χ0) is 6.04. The van der Waals surface area contributed by atoms with E-state index in [1.165, 1.54) is 0 Å². The molecule has 1 fully saturated rings. The highest BCUT2D eigenvalue weighted by Gasteiger charge is 2.32. The molecule has 0 radical (unpaired) electrons. The molecule has 2 heteroatoms. The summed E-state index contributed by atoms with van der Waals surface area (Å²) in [6.45, 7) is 4.98. The molecule has 0 aliphatic carbocycles. The number of hydrogen-bond acceptors (Lipinski definition) is 2. The molecular formula is C6H11NO. The molecule has 46 valence electrons. The minimum atomic E-state index is -0.0677. The third kappa shape index (κ3) is 0.904. The molecule has 1 aliphatic heterocycles. The second kappa shape index (κ2) is 1.88. The fraction of sp³-hybridized carbons (Fsp3) is 0.667. The summed E-state index contributed by atoms with van der Waals surface area (Å²) in [5.41, 5.74) is 5.65. The van der Waals surface area contributed by atoms with Crippen LogP contribution in [0.15, 0.2) is 12.7 Å². The van der Waals surface area contributed by atoms with Gasteiger partial charge in [0.15, 0.2) is 0 Å². The normalized spacial score (nSPS) is 24.1. The molecule has 0 amide bonds.